The van der Waals surface area contributed by atoms with E-state index in [1.807, 2.05) is 29.8 Å². The second-order valence-corrected chi connectivity index (χ2v) is 4.16. The second kappa shape index (κ2) is 5.88. The first-order chi connectivity index (χ1) is 6.72. The third-order valence-electron chi connectivity index (χ3n) is 1.89. The van der Waals surface area contributed by atoms with Crippen molar-refractivity contribution in [1.82, 2.24) is 9.88 Å². The van der Waals surface area contributed by atoms with E-state index in [2.05, 4.69) is 4.98 Å². The van der Waals surface area contributed by atoms with Gasteiger partial charge in [0.05, 0.1) is 17.7 Å². The summed E-state index contributed by atoms with van der Waals surface area (Å²) in [5.41, 5.74) is 2.86. The van der Waals surface area contributed by atoms with Crippen LogP contribution in [0.5, 0.6) is 0 Å². The molecule has 0 amide bonds. The van der Waals surface area contributed by atoms with E-state index in [1.165, 1.54) is 0 Å². The minimum absolute atomic E-state index is 0.310. The lowest BCUT2D eigenvalue weighted by Crippen LogP contribution is -2.25. The predicted octanol–water partition coefficient (Wildman–Crippen LogP) is 1.94. The quantitative estimate of drug-likeness (QED) is 0.722. The Kier molecular flexibility index (Phi) is 4.76. The Hall–Kier alpha value is -0.740. The molecule has 0 saturated heterocycles. The smallest absolute Gasteiger partial charge is 0.146 e. The van der Waals surface area contributed by atoms with Crippen LogP contribution in [0.4, 0.5) is 0 Å². The van der Waals surface area contributed by atoms with Crippen molar-refractivity contribution in [2.75, 3.05) is 13.6 Å². The van der Waals surface area contributed by atoms with Crippen molar-refractivity contribution >= 4 is 17.1 Å². The van der Waals surface area contributed by atoms with Crippen molar-refractivity contribution in [3.8, 4) is 0 Å². The number of aromatic nitrogens is 1. The van der Waals surface area contributed by atoms with Crippen molar-refractivity contribution in [3.05, 3.63) is 16.6 Å². The number of rotatable bonds is 6. The van der Waals surface area contributed by atoms with E-state index in [0.717, 1.165) is 18.7 Å². The molecule has 0 atom stereocenters. The van der Waals surface area contributed by atoms with Gasteiger partial charge in [-0.2, -0.15) is 0 Å². The summed E-state index contributed by atoms with van der Waals surface area (Å²) in [4.78, 5) is 17.5. The molecule has 0 aliphatic rings. The Morgan fingerprint density at radius 3 is 3.00 bits per heavy atom. The highest BCUT2D eigenvalue weighted by Gasteiger charge is 2.06. The molecule has 0 aromatic carbocycles. The Balaban J connectivity index is 2.29. The molecule has 0 spiro atoms. The van der Waals surface area contributed by atoms with E-state index in [-0.39, 0.29) is 0 Å². The zero-order chi connectivity index (χ0) is 10.4. The average Bonchev–Trinajstić information content (AvgIpc) is 2.56. The van der Waals surface area contributed by atoms with Crippen LogP contribution in [0.2, 0.25) is 0 Å². The molecule has 1 aromatic heterocycles. The van der Waals surface area contributed by atoms with Crippen LogP contribution < -0.4 is 0 Å². The summed E-state index contributed by atoms with van der Waals surface area (Å²) in [5.74, 6) is 0.310. The van der Waals surface area contributed by atoms with Gasteiger partial charge in [0.25, 0.3) is 0 Å². The number of hydrogen-bond acceptors (Lipinski definition) is 4. The maximum absolute atomic E-state index is 11.3. The zero-order valence-electron chi connectivity index (χ0n) is 8.69. The molecule has 1 rings (SSSR count). The summed E-state index contributed by atoms with van der Waals surface area (Å²) >= 11 is 1.59. The van der Waals surface area contributed by atoms with E-state index >= 15 is 0 Å². The highest BCUT2D eigenvalue weighted by Crippen LogP contribution is 2.04. The van der Waals surface area contributed by atoms with Crippen LogP contribution in [0, 0.1) is 0 Å². The third kappa shape index (κ3) is 3.98. The summed E-state index contributed by atoms with van der Waals surface area (Å²) < 4.78 is 0. The summed E-state index contributed by atoms with van der Waals surface area (Å²) in [6.45, 7) is 3.32. The lowest BCUT2D eigenvalue weighted by molar-refractivity contribution is -0.120. The van der Waals surface area contributed by atoms with Gasteiger partial charge in [0.1, 0.15) is 5.78 Å². The molecular weight excluding hydrogens is 196 g/mol. The van der Waals surface area contributed by atoms with Gasteiger partial charge in [-0.15, -0.1) is 11.3 Å². The molecule has 0 N–H and O–H groups in total. The minimum Gasteiger partial charge on any atom is -0.298 e. The van der Waals surface area contributed by atoms with Crippen molar-refractivity contribution in [2.45, 2.75) is 26.3 Å². The largest absolute Gasteiger partial charge is 0.298 e. The Bertz CT molecular complexity index is 272. The van der Waals surface area contributed by atoms with Crippen LogP contribution in [0.3, 0.4) is 0 Å². The Labute approximate surface area is 88.8 Å². The molecule has 4 heteroatoms. The molecule has 1 aromatic rings. The summed E-state index contributed by atoms with van der Waals surface area (Å²) in [7, 11) is 1.95. The maximum atomic E-state index is 11.3. The number of nitrogens with zero attached hydrogens (tertiary/aromatic N) is 2. The number of thiazole rings is 1. The molecule has 0 fully saturated rings. The lowest BCUT2D eigenvalue weighted by Gasteiger charge is -2.13. The van der Waals surface area contributed by atoms with E-state index in [0.29, 0.717) is 18.7 Å². The highest BCUT2D eigenvalue weighted by atomic mass is 32.1. The van der Waals surface area contributed by atoms with Crippen LogP contribution in [-0.4, -0.2) is 29.3 Å². The molecule has 1 heterocycles. The summed E-state index contributed by atoms with van der Waals surface area (Å²) in [5, 5.41) is 2.01. The molecule has 0 saturated carbocycles. The summed E-state index contributed by atoms with van der Waals surface area (Å²) in [6, 6.07) is 0. The predicted molar refractivity (Wildman–Crippen MR) is 58.4 cm³/mol. The van der Waals surface area contributed by atoms with E-state index in [1.54, 1.807) is 11.3 Å². The number of carbonyl (C=O) groups excluding carboxylic acids is 1. The van der Waals surface area contributed by atoms with Gasteiger partial charge in [-0.3, -0.25) is 9.69 Å². The molecule has 0 unspecified atom stereocenters. The first-order valence-corrected chi connectivity index (χ1v) is 5.74. The number of ketones is 1. The van der Waals surface area contributed by atoms with Gasteiger partial charge in [-0.1, -0.05) is 6.92 Å². The van der Waals surface area contributed by atoms with Gasteiger partial charge in [0, 0.05) is 18.3 Å². The van der Waals surface area contributed by atoms with Crippen LogP contribution in [-0.2, 0) is 11.3 Å². The standard InChI is InChI=1S/C10H16N2OS/c1-3-4-10(13)6-12(2)5-9-7-14-8-11-9/h7-8H,3-6H2,1-2H3. The number of likely N-dealkylation sites (N-methyl/N-ethyl adjacent to an activating group) is 1. The van der Waals surface area contributed by atoms with Gasteiger partial charge in [0.15, 0.2) is 0 Å². The first kappa shape index (κ1) is 11.3. The molecule has 0 aliphatic carbocycles. The minimum atomic E-state index is 0.310. The van der Waals surface area contributed by atoms with Gasteiger partial charge in [0.2, 0.25) is 0 Å². The van der Waals surface area contributed by atoms with Gasteiger partial charge in [-0.25, -0.2) is 4.98 Å². The van der Waals surface area contributed by atoms with Gasteiger partial charge < -0.3 is 0 Å². The van der Waals surface area contributed by atoms with Gasteiger partial charge in [-0.05, 0) is 13.5 Å². The molecule has 0 radical (unpaired) electrons. The van der Waals surface area contributed by atoms with E-state index in [4.69, 9.17) is 0 Å². The molecular formula is C10H16N2OS. The Morgan fingerprint density at radius 2 is 2.43 bits per heavy atom. The third-order valence-corrected chi connectivity index (χ3v) is 2.53. The van der Waals surface area contributed by atoms with Crippen molar-refractivity contribution in [1.29, 1.82) is 0 Å². The molecule has 3 nitrogen and oxygen atoms in total. The van der Waals surface area contributed by atoms with Crippen LogP contribution >= 0.6 is 11.3 Å². The average molecular weight is 212 g/mol. The molecule has 0 aliphatic heterocycles. The number of carbonyl (C=O) groups is 1. The van der Waals surface area contributed by atoms with Gasteiger partial charge >= 0.3 is 0 Å². The van der Waals surface area contributed by atoms with Crippen molar-refractivity contribution in [2.24, 2.45) is 0 Å². The maximum Gasteiger partial charge on any atom is 0.146 e. The van der Waals surface area contributed by atoms with Crippen molar-refractivity contribution in [3.63, 3.8) is 0 Å². The number of hydrogen-bond donors (Lipinski definition) is 0. The zero-order valence-corrected chi connectivity index (χ0v) is 9.51. The van der Waals surface area contributed by atoms with E-state index < -0.39 is 0 Å². The van der Waals surface area contributed by atoms with E-state index in [9.17, 15) is 4.79 Å². The summed E-state index contributed by atoms with van der Waals surface area (Å²) in [6.07, 6.45) is 1.62. The first-order valence-electron chi connectivity index (χ1n) is 4.79. The molecule has 78 valence electrons. The molecule has 0 bridgehead atoms. The second-order valence-electron chi connectivity index (χ2n) is 3.44. The fourth-order valence-corrected chi connectivity index (χ4v) is 1.86. The van der Waals surface area contributed by atoms with Crippen molar-refractivity contribution < 1.29 is 4.79 Å². The fraction of sp³-hybridized carbons (Fsp3) is 0.600. The highest BCUT2D eigenvalue weighted by molar-refractivity contribution is 7.07. The van der Waals surface area contributed by atoms with Crippen LogP contribution in [0.25, 0.3) is 0 Å². The molecule has 14 heavy (non-hydrogen) atoms. The fourth-order valence-electron chi connectivity index (χ4n) is 1.31. The van der Waals surface area contributed by atoms with Crippen LogP contribution in [0.15, 0.2) is 10.9 Å². The SMILES string of the molecule is CCCC(=O)CN(C)Cc1cscn1. The van der Waals surface area contributed by atoms with Crippen LogP contribution in [0.1, 0.15) is 25.5 Å². The monoisotopic (exact) mass is 212 g/mol. The topological polar surface area (TPSA) is 33.2 Å². The lowest BCUT2D eigenvalue weighted by atomic mass is 10.2. The Morgan fingerprint density at radius 1 is 1.64 bits per heavy atom. The number of Topliss-reactive ketones (excluding diaryl/α,β-unsaturated/α-hetero) is 1. The normalized spacial score (nSPS) is 10.8.